The fourth-order valence-corrected chi connectivity index (χ4v) is 2.17. The summed E-state index contributed by atoms with van der Waals surface area (Å²) in [6.45, 7) is 3.48. The van der Waals surface area contributed by atoms with Crippen LogP contribution in [0.25, 0.3) is 0 Å². The monoisotopic (exact) mass is 347 g/mol. The Kier molecular flexibility index (Phi) is 4.70. The molecule has 0 radical (unpaired) electrons. The number of amides is 1. The predicted octanol–water partition coefficient (Wildman–Crippen LogP) is 2.52. The number of carbonyl (C=O) groups is 1. The third kappa shape index (κ3) is 3.88. The molecule has 0 saturated heterocycles. The van der Waals surface area contributed by atoms with Crippen LogP contribution >= 0.6 is 15.9 Å². The van der Waals surface area contributed by atoms with Crippen LogP contribution in [0.15, 0.2) is 44.7 Å². The number of nitrogens with zero attached hydrogens (tertiary/aromatic N) is 1. The molecule has 21 heavy (non-hydrogen) atoms. The standard InChI is InChI=1S/C15H14BrN3O2/c1-9-7-10(2)18-14(20)13(9)15(21)19-17-8-11-3-5-12(16)6-4-11/h3-8H,1-2H3,(H,18,20)(H,19,21)/b17-8+. The van der Waals surface area contributed by atoms with E-state index in [1.807, 2.05) is 24.3 Å². The van der Waals surface area contributed by atoms with Crippen molar-refractivity contribution in [2.75, 3.05) is 0 Å². The smallest absolute Gasteiger partial charge is 0.277 e. The summed E-state index contributed by atoms with van der Waals surface area (Å²) in [4.78, 5) is 26.4. The summed E-state index contributed by atoms with van der Waals surface area (Å²) in [6.07, 6.45) is 1.52. The molecule has 2 N–H and O–H groups in total. The van der Waals surface area contributed by atoms with Gasteiger partial charge in [0.25, 0.3) is 11.5 Å². The summed E-state index contributed by atoms with van der Waals surface area (Å²) in [5.74, 6) is -0.526. The lowest BCUT2D eigenvalue weighted by Gasteiger charge is -2.04. The molecule has 1 heterocycles. The summed E-state index contributed by atoms with van der Waals surface area (Å²) in [5.41, 5.74) is 4.20. The number of aromatic amines is 1. The Labute approximate surface area is 130 Å². The second kappa shape index (κ2) is 6.49. The molecule has 0 aliphatic heterocycles. The van der Waals surface area contributed by atoms with Crippen molar-refractivity contribution in [2.24, 2.45) is 5.10 Å². The summed E-state index contributed by atoms with van der Waals surface area (Å²) < 4.78 is 0.963. The average molecular weight is 348 g/mol. The molecule has 0 aliphatic rings. The summed E-state index contributed by atoms with van der Waals surface area (Å²) >= 11 is 3.34. The van der Waals surface area contributed by atoms with E-state index in [4.69, 9.17) is 0 Å². The molecule has 6 heteroatoms. The number of aromatic nitrogens is 1. The van der Waals surface area contributed by atoms with Crippen molar-refractivity contribution < 1.29 is 4.79 Å². The molecule has 0 spiro atoms. The lowest BCUT2D eigenvalue weighted by molar-refractivity contribution is 0.0953. The first kappa shape index (κ1) is 15.2. The number of halogens is 1. The van der Waals surface area contributed by atoms with E-state index in [-0.39, 0.29) is 5.56 Å². The topological polar surface area (TPSA) is 74.3 Å². The maximum Gasteiger partial charge on any atom is 0.277 e. The van der Waals surface area contributed by atoms with Gasteiger partial charge in [0, 0.05) is 10.2 Å². The van der Waals surface area contributed by atoms with Gasteiger partial charge in [-0.25, -0.2) is 5.43 Å². The van der Waals surface area contributed by atoms with E-state index in [0.29, 0.717) is 11.3 Å². The molecule has 108 valence electrons. The second-order valence-electron chi connectivity index (χ2n) is 4.59. The number of carbonyl (C=O) groups excluding carboxylic acids is 1. The fraction of sp³-hybridized carbons (Fsp3) is 0.133. The van der Waals surface area contributed by atoms with E-state index < -0.39 is 11.5 Å². The lowest BCUT2D eigenvalue weighted by Crippen LogP contribution is -2.28. The molecule has 5 nitrogen and oxygen atoms in total. The van der Waals surface area contributed by atoms with Gasteiger partial charge in [0.15, 0.2) is 0 Å². The van der Waals surface area contributed by atoms with Crippen molar-refractivity contribution >= 4 is 28.1 Å². The zero-order chi connectivity index (χ0) is 15.4. The first-order valence-corrected chi connectivity index (χ1v) is 7.06. The van der Waals surface area contributed by atoms with Gasteiger partial charge >= 0.3 is 0 Å². The van der Waals surface area contributed by atoms with E-state index >= 15 is 0 Å². The molecule has 1 aromatic heterocycles. The molecule has 0 unspecified atom stereocenters. The number of rotatable bonds is 3. The van der Waals surface area contributed by atoms with Crippen molar-refractivity contribution in [1.29, 1.82) is 0 Å². The highest BCUT2D eigenvalue weighted by Gasteiger charge is 2.13. The van der Waals surface area contributed by atoms with E-state index in [1.54, 1.807) is 19.9 Å². The molecule has 1 aromatic carbocycles. The molecule has 1 amide bonds. The van der Waals surface area contributed by atoms with Gasteiger partial charge in [-0.2, -0.15) is 5.10 Å². The largest absolute Gasteiger partial charge is 0.326 e. The fourth-order valence-electron chi connectivity index (χ4n) is 1.91. The van der Waals surface area contributed by atoms with Crippen molar-refractivity contribution in [3.8, 4) is 0 Å². The third-order valence-corrected chi connectivity index (χ3v) is 3.37. The Balaban J connectivity index is 2.12. The number of H-pyrrole nitrogens is 1. The van der Waals surface area contributed by atoms with Crippen LogP contribution < -0.4 is 11.0 Å². The number of aryl methyl sites for hydroxylation is 2. The zero-order valence-corrected chi connectivity index (χ0v) is 13.2. The number of hydrazone groups is 1. The molecular formula is C15H14BrN3O2. The van der Waals surface area contributed by atoms with E-state index in [9.17, 15) is 9.59 Å². The molecular weight excluding hydrogens is 334 g/mol. The summed E-state index contributed by atoms with van der Waals surface area (Å²) in [7, 11) is 0. The highest BCUT2D eigenvalue weighted by atomic mass is 79.9. The van der Waals surface area contributed by atoms with Crippen LogP contribution in [0.4, 0.5) is 0 Å². The molecule has 0 bridgehead atoms. The van der Waals surface area contributed by atoms with Crippen LogP contribution in [0.5, 0.6) is 0 Å². The van der Waals surface area contributed by atoms with Gasteiger partial charge in [-0.15, -0.1) is 0 Å². The predicted molar refractivity (Wildman–Crippen MR) is 85.7 cm³/mol. The van der Waals surface area contributed by atoms with Crippen LogP contribution in [0.1, 0.15) is 27.2 Å². The summed E-state index contributed by atoms with van der Waals surface area (Å²) in [5, 5.41) is 3.86. The second-order valence-corrected chi connectivity index (χ2v) is 5.51. The average Bonchev–Trinajstić information content (AvgIpc) is 2.40. The van der Waals surface area contributed by atoms with Crippen molar-refractivity contribution in [2.45, 2.75) is 13.8 Å². The van der Waals surface area contributed by atoms with Gasteiger partial charge in [-0.3, -0.25) is 9.59 Å². The molecule has 2 aromatic rings. The zero-order valence-electron chi connectivity index (χ0n) is 11.6. The van der Waals surface area contributed by atoms with Gasteiger partial charge in [0.05, 0.1) is 6.21 Å². The van der Waals surface area contributed by atoms with Crippen LogP contribution in [0.2, 0.25) is 0 Å². The van der Waals surface area contributed by atoms with Gasteiger partial charge in [-0.1, -0.05) is 28.1 Å². The quantitative estimate of drug-likeness (QED) is 0.661. The van der Waals surface area contributed by atoms with Crippen molar-refractivity contribution in [1.82, 2.24) is 10.4 Å². The first-order chi connectivity index (χ1) is 9.97. The van der Waals surface area contributed by atoms with Crippen molar-refractivity contribution in [3.63, 3.8) is 0 Å². The number of hydrogen-bond acceptors (Lipinski definition) is 3. The van der Waals surface area contributed by atoms with Crippen LogP contribution in [-0.2, 0) is 0 Å². The maximum atomic E-state index is 12.0. The van der Waals surface area contributed by atoms with Gasteiger partial charge < -0.3 is 4.98 Å². The van der Waals surface area contributed by atoms with Gasteiger partial charge in [0.2, 0.25) is 0 Å². The summed E-state index contributed by atoms with van der Waals surface area (Å²) in [6, 6.07) is 9.19. The third-order valence-electron chi connectivity index (χ3n) is 2.84. The Morgan fingerprint density at radius 1 is 1.29 bits per heavy atom. The van der Waals surface area contributed by atoms with E-state index in [2.05, 4.69) is 31.4 Å². The SMILES string of the molecule is Cc1cc(C)c(C(=O)N/N=C/c2ccc(Br)cc2)c(=O)[nH]1. The minimum Gasteiger partial charge on any atom is -0.326 e. The Morgan fingerprint density at radius 3 is 2.57 bits per heavy atom. The Hall–Kier alpha value is -2.21. The van der Waals surface area contributed by atoms with Crippen LogP contribution in [0.3, 0.4) is 0 Å². The molecule has 0 fully saturated rings. The molecule has 0 aliphatic carbocycles. The number of benzene rings is 1. The lowest BCUT2D eigenvalue weighted by atomic mass is 10.1. The molecule has 0 atom stereocenters. The van der Waals surface area contributed by atoms with Gasteiger partial charge in [0.1, 0.15) is 5.56 Å². The van der Waals surface area contributed by atoms with E-state index in [1.165, 1.54) is 6.21 Å². The van der Waals surface area contributed by atoms with Crippen molar-refractivity contribution in [3.05, 3.63) is 67.5 Å². The van der Waals surface area contributed by atoms with Gasteiger partial charge in [-0.05, 0) is 43.2 Å². The highest BCUT2D eigenvalue weighted by Crippen LogP contribution is 2.09. The number of hydrogen-bond donors (Lipinski definition) is 2. The number of nitrogens with one attached hydrogen (secondary N) is 2. The highest BCUT2D eigenvalue weighted by molar-refractivity contribution is 9.10. The normalized spacial score (nSPS) is 10.8. The first-order valence-electron chi connectivity index (χ1n) is 6.27. The molecule has 2 rings (SSSR count). The Morgan fingerprint density at radius 2 is 1.95 bits per heavy atom. The maximum absolute atomic E-state index is 12.0. The Bertz CT molecular complexity index is 749. The minimum absolute atomic E-state index is 0.0774. The van der Waals surface area contributed by atoms with Crippen LogP contribution in [-0.4, -0.2) is 17.1 Å². The minimum atomic E-state index is -0.526. The van der Waals surface area contributed by atoms with E-state index in [0.717, 1.165) is 10.0 Å². The molecule has 0 saturated carbocycles. The van der Waals surface area contributed by atoms with Crippen LogP contribution in [0, 0.1) is 13.8 Å². The number of pyridine rings is 1.